The highest BCUT2D eigenvalue weighted by atomic mass is 19.1. The Morgan fingerprint density at radius 1 is 1.50 bits per heavy atom. The predicted molar refractivity (Wildman–Crippen MR) is 68.8 cm³/mol. The van der Waals surface area contributed by atoms with E-state index in [2.05, 4.69) is 9.97 Å². The van der Waals surface area contributed by atoms with Crippen molar-refractivity contribution >= 4 is 5.91 Å². The number of carbonyl (C=O) groups is 1. The second-order valence-corrected chi connectivity index (χ2v) is 4.75. The summed E-state index contributed by atoms with van der Waals surface area (Å²) in [4.78, 5) is 21.5. The van der Waals surface area contributed by atoms with Crippen LogP contribution in [0, 0.1) is 11.7 Å². The molecule has 1 aromatic rings. The van der Waals surface area contributed by atoms with Gasteiger partial charge >= 0.3 is 0 Å². The summed E-state index contributed by atoms with van der Waals surface area (Å²) in [6.45, 7) is 1.78. The molecule has 0 saturated carbocycles. The average molecular weight is 283 g/mol. The van der Waals surface area contributed by atoms with Gasteiger partial charge in [0.05, 0.1) is 19.9 Å². The molecule has 1 unspecified atom stereocenters. The van der Waals surface area contributed by atoms with E-state index < -0.39 is 5.82 Å². The number of methoxy groups -OCH3 is 2. The molecule has 1 aliphatic heterocycles. The minimum Gasteiger partial charge on any atom is -0.479 e. The number of nitrogens with zero attached hydrogens (tertiary/aromatic N) is 3. The largest absolute Gasteiger partial charge is 0.479 e. The Balaban J connectivity index is 1.96. The van der Waals surface area contributed by atoms with E-state index in [9.17, 15) is 9.18 Å². The number of amides is 1. The van der Waals surface area contributed by atoms with Gasteiger partial charge in [-0.05, 0) is 5.92 Å². The van der Waals surface area contributed by atoms with Crippen molar-refractivity contribution in [2.45, 2.75) is 12.8 Å². The molecule has 2 heterocycles. The first-order valence-corrected chi connectivity index (χ1v) is 6.46. The highest BCUT2D eigenvalue weighted by Crippen LogP contribution is 2.21. The quantitative estimate of drug-likeness (QED) is 0.767. The molecule has 1 saturated heterocycles. The standard InChI is InChI=1S/C13H18FN3O3/c1-19-4-3-17-8-9(6-12(17)18)5-11-15-7-10(14)13(16-11)20-2/h7,9H,3-6,8H2,1-2H3. The lowest BCUT2D eigenvalue weighted by Gasteiger charge is -2.15. The van der Waals surface area contributed by atoms with Gasteiger partial charge in [0.15, 0.2) is 0 Å². The first kappa shape index (κ1) is 14.6. The van der Waals surface area contributed by atoms with E-state index in [1.807, 2.05) is 0 Å². The Bertz CT molecular complexity index is 484. The number of ether oxygens (including phenoxy) is 2. The van der Waals surface area contributed by atoms with Crippen molar-refractivity contribution < 1.29 is 18.7 Å². The number of hydrogen-bond donors (Lipinski definition) is 0. The van der Waals surface area contributed by atoms with Gasteiger partial charge in [0.1, 0.15) is 5.82 Å². The molecule has 0 aromatic carbocycles. The van der Waals surface area contributed by atoms with Gasteiger partial charge in [-0.2, -0.15) is 9.37 Å². The minimum absolute atomic E-state index is 0.0597. The number of rotatable bonds is 6. The van der Waals surface area contributed by atoms with Crippen molar-refractivity contribution in [2.75, 3.05) is 33.9 Å². The van der Waals surface area contributed by atoms with Crippen LogP contribution in [-0.4, -0.2) is 54.7 Å². The molecule has 0 aliphatic carbocycles. The zero-order valence-electron chi connectivity index (χ0n) is 11.6. The van der Waals surface area contributed by atoms with Crippen molar-refractivity contribution in [2.24, 2.45) is 5.92 Å². The van der Waals surface area contributed by atoms with Crippen LogP contribution in [0.1, 0.15) is 12.2 Å². The highest BCUT2D eigenvalue weighted by molar-refractivity contribution is 5.78. The van der Waals surface area contributed by atoms with Crippen LogP contribution in [0.3, 0.4) is 0 Å². The maximum atomic E-state index is 13.2. The first-order chi connectivity index (χ1) is 9.63. The van der Waals surface area contributed by atoms with E-state index in [-0.39, 0.29) is 17.7 Å². The van der Waals surface area contributed by atoms with Crippen LogP contribution in [0.15, 0.2) is 6.20 Å². The predicted octanol–water partition coefficient (Wildman–Crippen LogP) is 0.662. The maximum Gasteiger partial charge on any atom is 0.253 e. The molecule has 1 atom stereocenters. The molecule has 110 valence electrons. The number of carbonyl (C=O) groups excluding carboxylic acids is 1. The van der Waals surface area contributed by atoms with Gasteiger partial charge in [0.2, 0.25) is 11.7 Å². The molecule has 0 N–H and O–H groups in total. The fourth-order valence-corrected chi connectivity index (χ4v) is 2.29. The monoisotopic (exact) mass is 283 g/mol. The molecule has 0 radical (unpaired) electrons. The zero-order valence-corrected chi connectivity index (χ0v) is 11.6. The van der Waals surface area contributed by atoms with Crippen molar-refractivity contribution in [3.63, 3.8) is 0 Å². The second-order valence-electron chi connectivity index (χ2n) is 4.75. The van der Waals surface area contributed by atoms with Crippen molar-refractivity contribution in [3.05, 3.63) is 17.8 Å². The SMILES string of the molecule is COCCN1CC(Cc2ncc(F)c(OC)n2)CC1=O. The average Bonchev–Trinajstić information content (AvgIpc) is 2.78. The summed E-state index contributed by atoms with van der Waals surface area (Å²) in [6.07, 6.45) is 2.10. The molecule has 20 heavy (non-hydrogen) atoms. The molecular formula is C13H18FN3O3. The number of halogens is 1. The number of aromatic nitrogens is 2. The van der Waals surface area contributed by atoms with Crippen molar-refractivity contribution in [1.29, 1.82) is 0 Å². The van der Waals surface area contributed by atoms with Crippen molar-refractivity contribution in [3.8, 4) is 5.88 Å². The van der Waals surface area contributed by atoms with E-state index in [0.29, 0.717) is 38.4 Å². The molecule has 0 bridgehead atoms. The molecule has 1 aliphatic rings. The maximum absolute atomic E-state index is 13.2. The van der Waals surface area contributed by atoms with Crippen LogP contribution in [0.2, 0.25) is 0 Å². The van der Waals surface area contributed by atoms with Gasteiger partial charge in [-0.1, -0.05) is 0 Å². The third-order valence-electron chi connectivity index (χ3n) is 3.29. The van der Waals surface area contributed by atoms with Gasteiger partial charge < -0.3 is 14.4 Å². The topological polar surface area (TPSA) is 64.6 Å². The number of likely N-dealkylation sites (tertiary alicyclic amines) is 1. The van der Waals surface area contributed by atoms with Crippen LogP contribution < -0.4 is 4.74 Å². The minimum atomic E-state index is -0.583. The summed E-state index contributed by atoms with van der Waals surface area (Å²) in [5, 5.41) is 0. The van der Waals surface area contributed by atoms with Gasteiger partial charge in [0.25, 0.3) is 5.88 Å². The van der Waals surface area contributed by atoms with E-state index in [0.717, 1.165) is 6.20 Å². The van der Waals surface area contributed by atoms with Gasteiger partial charge in [-0.15, -0.1) is 0 Å². The Hall–Kier alpha value is -1.76. The van der Waals surface area contributed by atoms with E-state index >= 15 is 0 Å². The smallest absolute Gasteiger partial charge is 0.253 e. The van der Waals surface area contributed by atoms with Crippen LogP contribution >= 0.6 is 0 Å². The third kappa shape index (κ3) is 3.41. The lowest BCUT2D eigenvalue weighted by Crippen LogP contribution is -2.29. The lowest BCUT2D eigenvalue weighted by molar-refractivity contribution is -0.128. The molecule has 1 aromatic heterocycles. The van der Waals surface area contributed by atoms with E-state index in [4.69, 9.17) is 9.47 Å². The fourth-order valence-electron chi connectivity index (χ4n) is 2.29. The summed E-state index contributed by atoms with van der Waals surface area (Å²) in [7, 11) is 2.97. The number of hydrogen-bond acceptors (Lipinski definition) is 5. The van der Waals surface area contributed by atoms with Crippen molar-refractivity contribution in [1.82, 2.24) is 14.9 Å². The molecule has 1 amide bonds. The second kappa shape index (κ2) is 6.60. The van der Waals surface area contributed by atoms with Gasteiger partial charge in [-0.25, -0.2) is 4.98 Å². The summed E-state index contributed by atoms with van der Waals surface area (Å²) in [5.41, 5.74) is 0. The molecule has 0 spiro atoms. The summed E-state index contributed by atoms with van der Waals surface area (Å²) >= 11 is 0. The lowest BCUT2D eigenvalue weighted by atomic mass is 10.0. The Morgan fingerprint density at radius 3 is 3.00 bits per heavy atom. The third-order valence-corrected chi connectivity index (χ3v) is 3.29. The Labute approximate surface area is 116 Å². The van der Waals surface area contributed by atoms with Crippen LogP contribution in [-0.2, 0) is 16.0 Å². The van der Waals surface area contributed by atoms with Crippen LogP contribution in [0.4, 0.5) is 4.39 Å². The summed E-state index contributed by atoms with van der Waals surface area (Å²) < 4.78 is 23.0. The zero-order chi connectivity index (χ0) is 14.5. The van der Waals surface area contributed by atoms with Crippen LogP contribution in [0.5, 0.6) is 5.88 Å². The van der Waals surface area contributed by atoms with Gasteiger partial charge in [0, 0.05) is 33.0 Å². The van der Waals surface area contributed by atoms with Crippen LogP contribution in [0.25, 0.3) is 0 Å². The Morgan fingerprint density at radius 2 is 2.30 bits per heavy atom. The fraction of sp³-hybridized carbons (Fsp3) is 0.615. The Kier molecular flexibility index (Phi) is 4.84. The normalized spacial score (nSPS) is 18.6. The molecule has 2 rings (SSSR count). The van der Waals surface area contributed by atoms with Gasteiger partial charge in [-0.3, -0.25) is 4.79 Å². The van der Waals surface area contributed by atoms with E-state index in [1.165, 1.54) is 7.11 Å². The molecule has 7 heteroatoms. The summed E-state index contributed by atoms with van der Waals surface area (Å²) in [6, 6.07) is 0. The summed E-state index contributed by atoms with van der Waals surface area (Å²) in [5.74, 6) is 0.112. The highest BCUT2D eigenvalue weighted by Gasteiger charge is 2.30. The van der Waals surface area contributed by atoms with E-state index in [1.54, 1.807) is 12.0 Å². The molecule has 6 nitrogen and oxygen atoms in total. The molecular weight excluding hydrogens is 265 g/mol. The first-order valence-electron chi connectivity index (χ1n) is 6.46. The molecule has 1 fully saturated rings.